The van der Waals surface area contributed by atoms with Crippen molar-refractivity contribution in [2.75, 3.05) is 24.3 Å². The Morgan fingerprint density at radius 3 is 1.81 bits per heavy atom. The summed E-state index contributed by atoms with van der Waals surface area (Å²) in [4.78, 5) is 2.32. The van der Waals surface area contributed by atoms with Gasteiger partial charge in [-0.15, -0.1) is 0 Å². The summed E-state index contributed by atoms with van der Waals surface area (Å²) in [6.07, 6.45) is 10.2. The van der Waals surface area contributed by atoms with Crippen LogP contribution in [0.25, 0.3) is 16.3 Å². The van der Waals surface area contributed by atoms with Crippen molar-refractivity contribution in [2.24, 2.45) is 0 Å². The normalized spacial score (nSPS) is 12.7. The van der Waals surface area contributed by atoms with Crippen LogP contribution in [-0.4, -0.2) is 24.4 Å². The third-order valence-corrected chi connectivity index (χ3v) is 12.3. The maximum atomic E-state index is 3.80. The summed E-state index contributed by atoms with van der Waals surface area (Å²) in [7, 11) is 4.35. The van der Waals surface area contributed by atoms with Crippen LogP contribution in [-0.2, 0) is 12.0 Å². The smallest absolute Gasteiger partial charge is 0.211 e. The quantitative estimate of drug-likeness (QED) is 0.140. The molecule has 294 valence electrons. The number of benzene rings is 6. The summed E-state index contributed by atoms with van der Waals surface area (Å²) >= 11 is 0. The van der Waals surface area contributed by atoms with Gasteiger partial charge in [0.1, 0.15) is 7.05 Å². The van der Waals surface area contributed by atoms with Gasteiger partial charge in [0.15, 0.2) is 0 Å². The van der Waals surface area contributed by atoms with Gasteiger partial charge in [0.2, 0.25) is 11.4 Å². The highest BCUT2D eigenvalue weighted by molar-refractivity contribution is 6.08. The lowest BCUT2D eigenvalue weighted by atomic mass is 9.82. The lowest BCUT2D eigenvalue weighted by molar-refractivity contribution is -0.404. The summed E-state index contributed by atoms with van der Waals surface area (Å²) in [6, 6.07) is 40.8. The van der Waals surface area contributed by atoms with E-state index in [1.807, 2.05) is 0 Å². The van der Waals surface area contributed by atoms with Crippen LogP contribution in [0.1, 0.15) is 82.8 Å². The molecule has 0 amide bonds. The molecule has 0 spiro atoms. The van der Waals surface area contributed by atoms with Crippen LogP contribution in [0, 0.1) is 41.5 Å². The van der Waals surface area contributed by atoms with Gasteiger partial charge in [0, 0.05) is 59.3 Å². The Balaban J connectivity index is 1.30. The van der Waals surface area contributed by atoms with E-state index in [1.54, 1.807) is 0 Å². The van der Waals surface area contributed by atoms with Crippen LogP contribution in [0.15, 0.2) is 139 Å². The van der Waals surface area contributed by atoms with Crippen molar-refractivity contribution in [3.05, 3.63) is 195 Å². The number of anilines is 3. The van der Waals surface area contributed by atoms with Crippen molar-refractivity contribution >= 4 is 44.8 Å². The Morgan fingerprint density at radius 1 is 0.655 bits per heavy atom. The van der Waals surface area contributed by atoms with E-state index in [1.165, 1.54) is 88.9 Å². The molecule has 7 rings (SSSR count). The van der Waals surface area contributed by atoms with Crippen LogP contribution < -0.4 is 10.2 Å². The van der Waals surface area contributed by atoms with E-state index in [4.69, 9.17) is 0 Å². The molecule has 1 aliphatic carbocycles. The number of hydrogen-bond donors (Lipinski definition) is 1. The molecule has 0 atom stereocenters. The molecule has 3 nitrogen and oxygen atoms in total. The molecule has 1 aliphatic rings. The molecule has 3 heteroatoms. The summed E-state index contributed by atoms with van der Waals surface area (Å²) in [5.41, 5.74) is 21.3. The second-order valence-corrected chi connectivity index (χ2v) is 17.1. The minimum atomic E-state index is 0.178. The Kier molecular flexibility index (Phi) is 11.5. The van der Waals surface area contributed by atoms with Gasteiger partial charge in [0.05, 0.1) is 0 Å². The van der Waals surface area contributed by atoms with Gasteiger partial charge in [-0.2, -0.15) is 4.58 Å². The molecule has 58 heavy (non-hydrogen) atoms. The first kappa shape index (κ1) is 40.3. The molecule has 6 aromatic carbocycles. The Bertz CT molecular complexity index is 2560. The summed E-state index contributed by atoms with van der Waals surface area (Å²) < 4.78 is 2.32. The maximum absolute atomic E-state index is 3.80. The molecule has 0 aliphatic heterocycles. The van der Waals surface area contributed by atoms with E-state index in [2.05, 4.69) is 225 Å². The predicted octanol–water partition coefficient (Wildman–Crippen LogP) is 14.1. The first-order chi connectivity index (χ1) is 27.7. The molecular formula is C55H60N3+. The van der Waals surface area contributed by atoms with E-state index < -0.39 is 0 Å². The summed E-state index contributed by atoms with van der Waals surface area (Å²) in [5, 5.41) is 6.23. The number of rotatable bonds is 10. The fourth-order valence-electron chi connectivity index (χ4n) is 8.99. The van der Waals surface area contributed by atoms with Gasteiger partial charge >= 0.3 is 0 Å². The van der Waals surface area contributed by atoms with Crippen LogP contribution >= 0.6 is 0 Å². The zero-order valence-corrected chi connectivity index (χ0v) is 36.5. The predicted molar refractivity (Wildman–Crippen MR) is 252 cm³/mol. The number of hydrogen-bond acceptors (Lipinski definition) is 2. The number of aryl methyl sites for hydroxylation is 6. The van der Waals surface area contributed by atoms with Gasteiger partial charge in [-0.25, -0.2) is 0 Å². The zero-order chi connectivity index (χ0) is 41.3. The summed E-state index contributed by atoms with van der Waals surface area (Å²) in [5.74, 6) is 0. The lowest BCUT2D eigenvalue weighted by Crippen LogP contribution is -2.15. The highest BCUT2D eigenvalue weighted by atomic mass is 15.1. The van der Waals surface area contributed by atoms with E-state index >= 15 is 0 Å². The molecule has 0 unspecified atom stereocenters. The fourth-order valence-corrected chi connectivity index (χ4v) is 8.99. The van der Waals surface area contributed by atoms with E-state index in [-0.39, 0.29) is 5.41 Å². The van der Waals surface area contributed by atoms with Crippen LogP contribution in [0.4, 0.5) is 22.7 Å². The van der Waals surface area contributed by atoms with Crippen molar-refractivity contribution < 1.29 is 4.58 Å². The minimum Gasteiger partial charge on any atom is -0.380 e. The topological polar surface area (TPSA) is 18.3 Å². The molecular weight excluding hydrogens is 703 g/mol. The fraction of sp³-hybridized carbons (Fsp3) is 0.255. The highest BCUT2D eigenvalue weighted by Gasteiger charge is 2.21. The summed E-state index contributed by atoms with van der Waals surface area (Å²) in [6.45, 7) is 20.8. The second-order valence-electron chi connectivity index (χ2n) is 17.1. The molecule has 6 aromatic rings. The Morgan fingerprint density at radius 2 is 1.22 bits per heavy atom. The van der Waals surface area contributed by atoms with E-state index in [0.717, 1.165) is 30.1 Å². The largest absolute Gasteiger partial charge is 0.380 e. The third kappa shape index (κ3) is 8.09. The number of allylic oxidation sites excluding steroid dienone is 5. The van der Waals surface area contributed by atoms with Crippen LogP contribution in [0.5, 0.6) is 0 Å². The Labute approximate surface area is 347 Å². The van der Waals surface area contributed by atoms with Crippen LogP contribution in [0.3, 0.4) is 0 Å². The van der Waals surface area contributed by atoms with Crippen molar-refractivity contribution in [3.63, 3.8) is 0 Å². The zero-order valence-electron chi connectivity index (χ0n) is 36.5. The number of nitrogens with one attached hydrogen (secondary N) is 1. The molecule has 0 saturated heterocycles. The van der Waals surface area contributed by atoms with Crippen molar-refractivity contribution in [1.29, 1.82) is 0 Å². The van der Waals surface area contributed by atoms with Crippen molar-refractivity contribution in [2.45, 2.75) is 80.7 Å². The molecule has 0 radical (unpaired) electrons. The maximum Gasteiger partial charge on any atom is 0.211 e. The van der Waals surface area contributed by atoms with Crippen molar-refractivity contribution in [1.82, 2.24) is 0 Å². The number of nitrogens with zero attached hydrogens (tertiary/aromatic N) is 2. The average Bonchev–Trinajstić information content (AvgIpc) is 3.20. The van der Waals surface area contributed by atoms with Gasteiger partial charge in [-0.3, -0.25) is 0 Å². The van der Waals surface area contributed by atoms with Crippen molar-refractivity contribution in [3.8, 4) is 0 Å². The standard InChI is InChI=1S/C55H59N3/c1-12-55(8,9)45-23-17-42(18-24-45)35-56-51-30-29-50(48-15-13-14-16-49(48)51)52(43-19-25-46(26-20-43)57(10)53-38(4)31-36(2)32-39(53)5)44-21-27-47(28-22-44)58(11)54-40(6)33-37(3)34-41(54)7/h13-34H,12,35H2,1-11H3/p+1. The number of fused-ring (bicyclic) bond motifs is 1. The second kappa shape index (κ2) is 16.5. The van der Waals surface area contributed by atoms with E-state index in [0.29, 0.717) is 0 Å². The van der Waals surface area contributed by atoms with Gasteiger partial charge in [-0.05, 0) is 146 Å². The third-order valence-electron chi connectivity index (χ3n) is 12.3. The molecule has 0 fully saturated rings. The Hall–Kier alpha value is -5.93. The van der Waals surface area contributed by atoms with Gasteiger partial charge in [0.25, 0.3) is 0 Å². The molecule has 1 N–H and O–H groups in total. The molecule has 0 aromatic heterocycles. The lowest BCUT2D eigenvalue weighted by Gasteiger charge is -2.25. The van der Waals surface area contributed by atoms with E-state index in [9.17, 15) is 0 Å². The SMILES string of the molecule is CCC(C)(C)c1ccc(CNc2ccc(C(=C3C=CC(=[N+](C)c4c(C)cc(C)cc4C)C=C3)c3ccc(N(C)c4c(C)cc(C)cc4C)cc3)c3ccccc23)cc1. The van der Waals surface area contributed by atoms with Gasteiger partial charge in [-0.1, -0.05) is 111 Å². The average molecular weight is 763 g/mol. The highest BCUT2D eigenvalue weighted by Crippen LogP contribution is 2.39. The van der Waals surface area contributed by atoms with Gasteiger partial charge < -0.3 is 10.2 Å². The monoisotopic (exact) mass is 762 g/mol. The first-order valence-electron chi connectivity index (χ1n) is 20.8. The first-order valence-corrected chi connectivity index (χ1v) is 20.8. The molecule has 0 bridgehead atoms. The molecule has 0 saturated carbocycles. The molecule has 0 heterocycles. The minimum absolute atomic E-state index is 0.178. The van der Waals surface area contributed by atoms with Crippen LogP contribution in [0.2, 0.25) is 0 Å².